The highest BCUT2D eigenvalue weighted by Gasteiger charge is 2.18. The molecule has 0 fully saturated rings. The van der Waals surface area contributed by atoms with Crippen LogP contribution >= 0.6 is 0 Å². The fourth-order valence-electron chi connectivity index (χ4n) is 1.26. The second kappa shape index (κ2) is 8.05. The van der Waals surface area contributed by atoms with Gasteiger partial charge in [-0.15, -0.1) is 0 Å². The first-order valence-electron chi connectivity index (χ1n) is 6.54. The maximum absolute atomic E-state index is 11.4. The number of imide groups is 1. The average molecular weight is 297 g/mol. The molecule has 0 unspecified atom stereocenters. The smallest absolute Gasteiger partial charge is 0.420 e. The number of carbonyl (C=O) groups is 2. The fraction of sp³-hybridized carbons (Fsp3) is 0.462. The van der Waals surface area contributed by atoms with Crippen LogP contribution in [0.3, 0.4) is 0 Å². The number of nitrogens with two attached hydrogens (primary N) is 1. The van der Waals surface area contributed by atoms with Gasteiger partial charge in [0.25, 0.3) is 5.88 Å². The van der Waals surface area contributed by atoms with Gasteiger partial charge in [0, 0.05) is 12.3 Å². The molecular formula is C13H19N3O5. The largest absolute Gasteiger partial charge is 0.501 e. The molecule has 0 aromatic carbocycles. The molecule has 0 aliphatic heterocycles. The lowest BCUT2D eigenvalue weighted by Crippen LogP contribution is -2.42. The summed E-state index contributed by atoms with van der Waals surface area (Å²) in [5.74, 6) is -1.30. The van der Waals surface area contributed by atoms with Crippen LogP contribution in [-0.4, -0.2) is 34.7 Å². The van der Waals surface area contributed by atoms with E-state index in [1.807, 2.05) is 12.2 Å². The number of aromatic hydroxyl groups is 1. The highest BCUT2D eigenvalue weighted by atomic mass is 16.6. The molecule has 116 valence electrons. The Labute approximate surface area is 122 Å². The van der Waals surface area contributed by atoms with Gasteiger partial charge in [-0.1, -0.05) is 13.3 Å². The third-order valence-electron chi connectivity index (χ3n) is 2.44. The Morgan fingerprint density at radius 1 is 1.52 bits per heavy atom. The molecule has 1 atom stereocenters. The van der Waals surface area contributed by atoms with E-state index in [2.05, 4.69) is 4.98 Å². The van der Waals surface area contributed by atoms with Gasteiger partial charge in [0.1, 0.15) is 0 Å². The maximum Gasteiger partial charge on any atom is 0.420 e. The highest BCUT2D eigenvalue weighted by Crippen LogP contribution is 2.33. The van der Waals surface area contributed by atoms with Crippen LogP contribution in [0.4, 0.5) is 4.79 Å². The molecule has 1 aromatic heterocycles. The minimum atomic E-state index is -1.08. The molecule has 0 aliphatic rings. The van der Waals surface area contributed by atoms with Crippen molar-refractivity contribution in [2.75, 3.05) is 6.61 Å². The summed E-state index contributed by atoms with van der Waals surface area (Å²) in [5.41, 5.74) is 5.29. The second-order valence-corrected chi connectivity index (χ2v) is 4.33. The summed E-state index contributed by atoms with van der Waals surface area (Å²) in [5, 5.41) is 11.8. The van der Waals surface area contributed by atoms with E-state index in [-0.39, 0.29) is 11.6 Å². The molecule has 0 saturated heterocycles. The number of rotatable bonds is 6. The lowest BCUT2D eigenvalue weighted by Gasteiger charge is -2.11. The maximum atomic E-state index is 11.4. The molecule has 1 heterocycles. The van der Waals surface area contributed by atoms with Crippen molar-refractivity contribution in [3.05, 3.63) is 12.3 Å². The number of hydrogen-bond acceptors (Lipinski definition) is 7. The summed E-state index contributed by atoms with van der Waals surface area (Å²) in [4.78, 5) is 26.4. The van der Waals surface area contributed by atoms with E-state index in [1.54, 1.807) is 0 Å². The van der Waals surface area contributed by atoms with Crippen molar-refractivity contribution in [2.45, 2.75) is 32.7 Å². The monoisotopic (exact) mass is 297 g/mol. The van der Waals surface area contributed by atoms with Crippen LogP contribution < -0.4 is 20.5 Å². The lowest BCUT2D eigenvalue weighted by molar-refractivity contribution is -0.121. The third-order valence-corrected chi connectivity index (χ3v) is 2.44. The molecule has 1 rings (SSSR count). The van der Waals surface area contributed by atoms with Gasteiger partial charge < -0.3 is 20.3 Å². The number of carbonyl (C=O) groups excluding carboxylic acids is 2. The van der Waals surface area contributed by atoms with E-state index in [0.717, 1.165) is 12.8 Å². The fourth-order valence-corrected chi connectivity index (χ4v) is 1.26. The molecule has 0 bridgehead atoms. The van der Waals surface area contributed by atoms with Crippen LogP contribution in [0.5, 0.6) is 17.4 Å². The van der Waals surface area contributed by atoms with Gasteiger partial charge in [0.2, 0.25) is 11.7 Å². The summed E-state index contributed by atoms with van der Waals surface area (Å²) >= 11 is 0. The van der Waals surface area contributed by atoms with Crippen molar-refractivity contribution >= 4 is 12.0 Å². The number of amides is 2. The minimum absolute atomic E-state index is 0.153. The zero-order valence-electron chi connectivity index (χ0n) is 12.0. The Bertz CT molecular complexity index is 505. The van der Waals surface area contributed by atoms with E-state index in [4.69, 9.17) is 15.2 Å². The predicted octanol–water partition coefficient (Wildman–Crippen LogP) is 0.928. The molecule has 0 radical (unpaired) electrons. The van der Waals surface area contributed by atoms with Crippen LogP contribution in [0.2, 0.25) is 0 Å². The van der Waals surface area contributed by atoms with Gasteiger partial charge in [-0.2, -0.15) is 0 Å². The zero-order chi connectivity index (χ0) is 15.8. The molecular weight excluding hydrogens is 278 g/mol. The Morgan fingerprint density at radius 2 is 2.24 bits per heavy atom. The number of nitrogens with zero attached hydrogens (tertiary/aromatic N) is 1. The highest BCUT2D eigenvalue weighted by molar-refractivity contribution is 5.95. The quantitative estimate of drug-likeness (QED) is 0.667. The van der Waals surface area contributed by atoms with E-state index >= 15 is 0 Å². The van der Waals surface area contributed by atoms with Crippen LogP contribution in [-0.2, 0) is 4.79 Å². The summed E-state index contributed by atoms with van der Waals surface area (Å²) in [6, 6.07) is 0.589. The molecule has 0 saturated carbocycles. The Hall–Kier alpha value is -2.35. The van der Waals surface area contributed by atoms with Gasteiger partial charge in [0.05, 0.1) is 12.6 Å². The number of ether oxygens (including phenoxy) is 2. The number of unbranched alkanes of at least 4 members (excludes halogenated alkanes) is 1. The average Bonchev–Trinajstić information content (AvgIpc) is 2.42. The zero-order valence-corrected chi connectivity index (χ0v) is 12.0. The number of aromatic nitrogens is 1. The summed E-state index contributed by atoms with van der Waals surface area (Å²) in [7, 11) is 0. The SMILES string of the molecule is CCCCOc1ccnc(OC(=O)NC(=O)[C@@H](C)N)c1O. The van der Waals surface area contributed by atoms with Gasteiger partial charge >= 0.3 is 6.09 Å². The van der Waals surface area contributed by atoms with Crippen molar-refractivity contribution < 1.29 is 24.2 Å². The molecule has 0 spiro atoms. The molecule has 8 nitrogen and oxygen atoms in total. The van der Waals surface area contributed by atoms with Crippen molar-refractivity contribution in [1.29, 1.82) is 0 Å². The second-order valence-electron chi connectivity index (χ2n) is 4.33. The van der Waals surface area contributed by atoms with E-state index < -0.39 is 23.8 Å². The van der Waals surface area contributed by atoms with Gasteiger partial charge in [0.15, 0.2) is 5.75 Å². The minimum Gasteiger partial charge on any atom is -0.501 e. The van der Waals surface area contributed by atoms with Crippen LogP contribution in [0.15, 0.2) is 12.3 Å². The van der Waals surface area contributed by atoms with E-state index in [9.17, 15) is 14.7 Å². The van der Waals surface area contributed by atoms with Crippen LogP contribution in [0.1, 0.15) is 26.7 Å². The molecule has 1 aromatic rings. The lowest BCUT2D eigenvalue weighted by atomic mass is 10.3. The predicted molar refractivity (Wildman–Crippen MR) is 74.1 cm³/mol. The van der Waals surface area contributed by atoms with Crippen molar-refractivity contribution in [3.8, 4) is 17.4 Å². The first-order chi connectivity index (χ1) is 9.95. The van der Waals surface area contributed by atoms with Crippen molar-refractivity contribution in [2.24, 2.45) is 5.73 Å². The normalized spacial score (nSPS) is 11.6. The number of hydrogen-bond donors (Lipinski definition) is 3. The Morgan fingerprint density at radius 3 is 2.86 bits per heavy atom. The third kappa shape index (κ3) is 5.27. The molecule has 0 aliphatic carbocycles. The Kier molecular flexibility index (Phi) is 6.41. The van der Waals surface area contributed by atoms with E-state index in [0.29, 0.717) is 6.61 Å². The number of pyridine rings is 1. The summed E-state index contributed by atoms with van der Waals surface area (Å²) < 4.78 is 10.1. The topological polar surface area (TPSA) is 124 Å². The van der Waals surface area contributed by atoms with Gasteiger partial charge in [-0.3, -0.25) is 10.1 Å². The van der Waals surface area contributed by atoms with Crippen LogP contribution in [0.25, 0.3) is 0 Å². The van der Waals surface area contributed by atoms with Crippen molar-refractivity contribution in [1.82, 2.24) is 10.3 Å². The van der Waals surface area contributed by atoms with Crippen LogP contribution in [0, 0.1) is 0 Å². The summed E-state index contributed by atoms with van der Waals surface area (Å²) in [6.45, 7) is 3.84. The molecule has 8 heteroatoms. The summed E-state index contributed by atoms with van der Waals surface area (Å²) in [6.07, 6.45) is 2.00. The number of nitrogens with one attached hydrogen (secondary N) is 1. The molecule has 21 heavy (non-hydrogen) atoms. The van der Waals surface area contributed by atoms with Crippen molar-refractivity contribution in [3.63, 3.8) is 0 Å². The first kappa shape index (κ1) is 16.7. The molecule has 4 N–H and O–H groups in total. The van der Waals surface area contributed by atoms with E-state index in [1.165, 1.54) is 19.2 Å². The molecule has 2 amide bonds. The Balaban J connectivity index is 2.68. The van der Waals surface area contributed by atoms with Gasteiger partial charge in [-0.05, 0) is 13.3 Å². The first-order valence-corrected chi connectivity index (χ1v) is 6.54. The van der Waals surface area contributed by atoms with Gasteiger partial charge in [-0.25, -0.2) is 9.78 Å². The standard InChI is InChI=1S/C13H19N3O5/c1-3-4-7-20-9-5-6-15-12(10(9)17)21-13(19)16-11(18)8(2)14/h5-6,8,17H,3-4,7,14H2,1-2H3,(H,16,18,19)/t8-/m1/s1.